The van der Waals surface area contributed by atoms with Crippen molar-refractivity contribution >= 4 is 5.91 Å². The molecule has 1 atom stereocenters. The summed E-state index contributed by atoms with van der Waals surface area (Å²) in [6.07, 6.45) is -4.86. The first-order chi connectivity index (χ1) is 5.50. The molecule has 0 unspecified atom stereocenters. The van der Waals surface area contributed by atoms with Crippen LogP contribution in [0.3, 0.4) is 0 Å². The molecule has 1 amide bonds. The number of carbonyl (C=O) groups is 1. The van der Waals surface area contributed by atoms with Crippen LogP contribution in [0.15, 0.2) is 0 Å². The van der Waals surface area contributed by atoms with Gasteiger partial charge in [0.05, 0.1) is 6.42 Å². The zero-order valence-corrected chi connectivity index (χ0v) is 6.24. The Morgan fingerprint density at radius 1 is 1.33 bits per heavy atom. The standard InChI is InChI=1S/C6H9F3N2O/c7-6(8,9)4-3-5(12)11-2-1-10-4/h4,10H,1-3H2,(H,11,12)/t4-/m0/s1. The summed E-state index contributed by atoms with van der Waals surface area (Å²) in [6, 6.07) is -1.69. The number of hydrogen-bond acceptors (Lipinski definition) is 2. The zero-order chi connectivity index (χ0) is 9.19. The number of alkyl halides is 3. The van der Waals surface area contributed by atoms with Gasteiger partial charge in [-0.25, -0.2) is 0 Å². The lowest BCUT2D eigenvalue weighted by molar-refractivity contribution is -0.160. The van der Waals surface area contributed by atoms with Gasteiger partial charge in [-0.15, -0.1) is 0 Å². The van der Waals surface area contributed by atoms with Crippen molar-refractivity contribution in [3.63, 3.8) is 0 Å². The lowest BCUT2D eigenvalue weighted by atomic mass is 10.2. The average Bonchev–Trinajstić information content (AvgIpc) is 2.11. The fraction of sp³-hybridized carbons (Fsp3) is 0.833. The van der Waals surface area contributed by atoms with E-state index in [-0.39, 0.29) is 13.1 Å². The van der Waals surface area contributed by atoms with Gasteiger partial charge in [0.25, 0.3) is 0 Å². The Bertz CT molecular complexity index is 180. The van der Waals surface area contributed by atoms with Crippen molar-refractivity contribution < 1.29 is 18.0 Å². The zero-order valence-electron chi connectivity index (χ0n) is 6.24. The molecule has 1 heterocycles. The summed E-state index contributed by atoms with van der Waals surface area (Å²) in [5.41, 5.74) is 0. The maximum absolute atomic E-state index is 12.1. The van der Waals surface area contributed by atoms with Gasteiger partial charge in [0, 0.05) is 13.1 Å². The highest BCUT2D eigenvalue weighted by molar-refractivity contribution is 5.76. The summed E-state index contributed by atoms with van der Waals surface area (Å²) in [6.45, 7) is 0.418. The van der Waals surface area contributed by atoms with E-state index in [1.54, 1.807) is 0 Å². The highest BCUT2D eigenvalue weighted by atomic mass is 19.4. The van der Waals surface area contributed by atoms with Crippen LogP contribution >= 0.6 is 0 Å². The van der Waals surface area contributed by atoms with Crippen molar-refractivity contribution in [1.29, 1.82) is 0 Å². The number of rotatable bonds is 0. The highest BCUT2D eigenvalue weighted by Crippen LogP contribution is 2.22. The molecule has 1 aliphatic heterocycles. The van der Waals surface area contributed by atoms with Crippen molar-refractivity contribution in [3.8, 4) is 0 Å². The first kappa shape index (κ1) is 9.31. The molecule has 0 aromatic carbocycles. The second-order valence-electron chi connectivity index (χ2n) is 2.60. The molecule has 0 aromatic heterocycles. The molecule has 1 fully saturated rings. The molecule has 3 nitrogen and oxygen atoms in total. The van der Waals surface area contributed by atoms with Crippen LogP contribution in [0.4, 0.5) is 13.2 Å². The van der Waals surface area contributed by atoms with Gasteiger partial charge in [-0.2, -0.15) is 13.2 Å². The predicted octanol–water partition coefficient (Wildman–Crippen LogP) is 0.0268. The molecule has 12 heavy (non-hydrogen) atoms. The summed E-state index contributed by atoms with van der Waals surface area (Å²) >= 11 is 0. The molecule has 1 aliphatic rings. The van der Waals surface area contributed by atoms with E-state index in [0.717, 1.165) is 0 Å². The maximum atomic E-state index is 12.1. The van der Waals surface area contributed by atoms with Crippen molar-refractivity contribution in [1.82, 2.24) is 10.6 Å². The molecular weight excluding hydrogens is 173 g/mol. The monoisotopic (exact) mass is 182 g/mol. The molecule has 0 spiro atoms. The maximum Gasteiger partial charge on any atom is 0.404 e. The van der Waals surface area contributed by atoms with Gasteiger partial charge >= 0.3 is 6.18 Å². The van der Waals surface area contributed by atoms with Gasteiger partial charge in [-0.1, -0.05) is 0 Å². The van der Waals surface area contributed by atoms with Crippen molar-refractivity contribution in [3.05, 3.63) is 0 Å². The first-order valence-corrected chi connectivity index (χ1v) is 3.57. The molecule has 1 saturated heterocycles. The molecule has 0 saturated carbocycles. The minimum atomic E-state index is -4.33. The van der Waals surface area contributed by atoms with Crippen LogP contribution in [0.1, 0.15) is 6.42 Å². The molecule has 70 valence electrons. The fourth-order valence-electron chi connectivity index (χ4n) is 1.01. The van der Waals surface area contributed by atoms with Crippen molar-refractivity contribution in [2.24, 2.45) is 0 Å². The Morgan fingerprint density at radius 2 is 2.00 bits per heavy atom. The topological polar surface area (TPSA) is 41.1 Å². The van der Waals surface area contributed by atoms with E-state index in [2.05, 4.69) is 10.6 Å². The Labute approximate surface area is 67.3 Å². The van der Waals surface area contributed by atoms with Gasteiger partial charge in [-0.05, 0) is 0 Å². The summed E-state index contributed by atoms with van der Waals surface area (Å²) in [7, 11) is 0. The SMILES string of the molecule is O=C1C[C@@H](C(F)(F)F)NCCN1. The van der Waals surface area contributed by atoms with Crippen LogP contribution < -0.4 is 10.6 Å². The quantitative estimate of drug-likeness (QED) is 0.554. The molecule has 1 rings (SSSR count). The molecule has 6 heteroatoms. The average molecular weight is 182 g/mol. The second kappa shape index (κ2) is 3.30. The molecule has 0 radical (unpaired) electrons. The Balaban J connectivity index is 2.58. The van der Waals surface area contributed by atoms with Crippen LogP contribution in [-0.4, -0.2) is 31.2 Å². The lowest BCUT2D eigenvalue weighted by Gasteiger charge is -2.17. The molecule has 0 bridgehead atoms. The number of carbonyl (C=O) groups excluding carboxylic acids is 1. The summed E-state index contributed by atoms with van der Waals surface area (Å²) in [4.78, 5) is 10.7. The van der Waals surface area contributed by atoms with Gasteiger partial charge < -0.3 is 10.6 Å². The first-order valence-electron chi connectivity index (χ1n) is 3.57. The number of nitrogens with one attached hydrogen (secondary N) is 2. The van der Waals surface area contributed by atoms with E-state index in [9.17, 15) is 18.0 Å². The Morgan fingerprint density at radius 3 is 2.58 bits per heavy atom. The summed E-state index contributed by atoms with van der Waals surface area (Å²) in [5, 5.41) is 4.59. The predicted molar refractivity (Wildman–Crippen MR) is 35.5 cm³/mol. The smallest absolute Gasteiger partial charge is 0.355 e. The molecular formula is C6H9F3N2O. The van der Waals surface area contributed by atoms with Gasteiger partial charge in [0.15, 0.2) is 0 Å². The van der Waals surface area contributed by atoms with E-state index in [0.29, 0.717) is 0 Å². The van der Waals surface area contributed by atoms with E-state index in [1.807, 2.05) is 0 Å². The van der Waals surface area contributed by atoms with Crippen molar-refractivity contribution in [2.75, 3.05) is 13.1 Å². The Hall–Kier alpha value is -0.780. The third-order valence-corrected chi connectivity index (χ3v) is 1.62. The minimum absolute atomic E-state index is 0.163. The summed E-state index contributed by atoms with van der Waals surface area (Å²) in [5.74, 6) is -0.553. The number of halogens is 3. The van der Waals surface area contributed by atoms with Crippen LogP contribution in [0.5, 0.6) is 0 Å². The van der Waals surface area contributed by atoms with Crippen LogP contribution in [0, 0.1) is 0 Å². The fourth-order valence-corrected chi connectivity index (χ4v) is 1.01. The van der Waals surface area contributed by atoms with Crippen LogP contribution in [0.25, 0.3) is 0 Å². The third kappa shape index (κ3) is 2.37. The van der Waals surface area contributed by atoms with Gasteiger partial charge in [-0.3, -0.25) is 4.79 Å². The van der Waals surface area contributed by atoms with Crippen molar-refractivity contribution in [2.45, 2.75) is 18.6 Å². The van der Waals surface area contributed by atoms with E-state index in [4.69, 9.17) is 0 Å². The molecule has 2 N–H and O–H groups in total. The van der Waals surface area contributed by atoms with Gasteiger partial charge in [0.1, 0.15) is 6.04 Å². The third-order valence-electron chi connectivity index (χ3n) is 1.62. The summed E-state index contributed by atoms with van der Waals surface area (Å²) < 4.78 is 36.2. The number of hydrogen-bond donors (Lipinski definition) is 2. The highest BCUT2D eigenvalue weighted by Gasteiger charge is 2.41. The molecule has 0 aliphatic carbocycles. The normalized spacial score (nSPS) is 26.2. The van der Waals surface area contributed by atoms with Crippen LogP contribution in [0.2, 0.25) is 0 Å². The second-order valence-corrected chi connectivity index (χ2v) is 2.60. The van der Waals surface area contributed by atoms with E-state index >= 15 is 0 Å². The molecule has 0 aromatic rings. The Kier molecular flexibility index (Phi) is 2.56. The number of amides is 1. The minimum Gasteiger partial charge on any atom is -0.355 e. The van der Waals surface area contributed by atoms with Crippen LogP contribution in [-0.2, 0) is 4.79 Å². The van der Waals surface area contributed by atoms with Gasteiger partial charge in [0.2, 0.25) is 5.91 Å². The lowest BCUT2D eigenvalue weighted by Crippen LogP contribution is -2.42. The van der Waals surface area contributed by atoms with E-state index < -0.39 is 24.5 Å². The van der Waals surface area contributed by atoms with E-state index in [1.165, 1.54) is 0 Å². The largest absolute Gasteiger partial charge is 0.404 e.